The number of hydrogen-bond donors (Lipinski definition) is 2. The molecular formula is C21H23N3O. The van der Waals surface area contributed by atoms with Crippen LogP contribution in [0.15, 0.2) is 42.5 Å². The van der Waals surface area contributed by atoms with E-state index in [9.17, 15) is 4.79 Å². The summed E-state index contributed by atoms with van der Waals surface area (Å²) in [6, 6.07) is 12.5. The molecule has 25 heavy (non-hydrogen) atoms. The maximum Gasteiger partial charge on any atom is 0.248 e. The third kappa shape index (κ3) is 3.59. The molecule has 2 aromatic rings. The molecule has 1 amide bonds. The first-order chi connectivity index (χ1) is 12.2. The number of hydrogen-bond acceptors (Lipinski definition) is 3. The van der Waals surface area contributed by atoms with E-state index < -0.39 is 0 Å². The highest BCUT2D eigenvalue weighted by molar-refractivity contribution is 6.02. The monoisotopic (exact) mass is 333 g/mol. The Morgan fingerprint density at radius 3 is 2.96 bits per heavy atom. The van der Waals surface area contributed by atoms with Crippen molar-refractivity contribution < 1.29 is 4.79 Å². The van der Waals surface area contributed by atoms with E-state index >= 15 is 0 Å². The molecule has 0 saturated heterocycles. The molecule has 128 valence electrons. The Morgan fingerprint density at radius 1 is 1.12 bits per heavy atom. The van der Waals surface area contributed by atoms with E-state index in [1.54, 1.807) is 6.08 Å². The lowest BCUT2D eigenvalue weighted by Crippen LogP contribution is -2.26. The van der Waals surface area contributed by atoms with Crippen molar-refractivity contribution in [3.8, 4) is 0 Å². The van der Waals surface area contributed by atoms with Crippen LogP contribution in [0.3, 0.4) is 0 Å². The summed E-state index contributed by atoms with van der Waals surface area (Å²) >= 11 is 0. The van der Waals surface area contributed by atoms with Gasteiger partial charge in [0, 0.05) is 37.1 Å². The van der Waals surface area contributed by atoms with Crippen LogP contribution >= 0.6 is 0 Å². The van der Waals surface area contributed by atoms with Crippen LogP contribution < -0.4 is 10.6 Å². The zero-order chi connectivity index (χ0) is 17.2. The summed E-state index contributed by atoms with van der Waals surface area (Å²) < 4.78 is 0. The van der Waals surface area contributed by atoms with Crippen LogP contribution in [0.2, 0.25) is 0 Å². The number of amides is 1. The third-order valence-electron chi connectivity index (χ3n) is 4.94. The number of rotatable bonds is 3. The Kier molecular flexibility index (Phi) is 4.28. The second kappa shape index (κ2) is 6.73. The highest BCUT2D eigenvalue weighted by Gasteiger charge is 2.13. The number of likely N-dealkylation sites (N-methyl/N-ethyl adjacent to an activating group) is 1. The van der Waals surface area contributed by atoms with Gasteiger partial charge in [-0.1, -0.05) is 12.1 Å². The van der Waals surface area contributed by atoms with Gasteiger partial charge in [0.2, 0.25) is 5.91 Å². The molecule has 2 aromatic carbocycles. The molecule has 0 spiro atoms. The first-order valence-corrected chi connectivity index (χ1v) is 8.83. The lowest BCUT2D eigenvalue weighted by Gasteiger charge is -2.25. The second-order valence-corrected chi connectivity index (χ2v) is 6.89. The normalized spacial score (nSPS) is 16.4. The van der Waals surface area contributed by atoms with Crippen LogP contribution in [-0.2, 0) is 24.2 Å². The molecule has 4 heteroatoms. The van der Waals surface area contributed by atoms with Crippen LogP contribution in [0.25, 0.3) is 6.08 Å². The largest absolute Gasteiger partial charge is 0.384 e. The number of carbonyl (C=O) groups excluding carboxylic acids is 1. The lowest BCUT2D eigenvalue weighted by atomic mass is 9.99. The summed E-state index contributed by atoms with van der Waals surface area (Å²) in [5.74, 6) is -0.0947. The van der Waals surface area contributed by atoms with E-state index in [2.05, 4.69) is 46.8 Å². The van der Waals surface area contributed by atoms with E-state index in [1.807, 2.05) is 18.2 Å². The summed E-state index contributed by atoms with van der Waals surface area (Å²) in [4.78, 5) is 14.5. The van der Waals surface area contributed by atoms with Gasteiger partial charge < -0.3 is 15.5 Å². The maximum absolute atomic E-state index is 12.2. The Labute approximate surface area is 148 Å². The second-order valence-electron chi connectivity index (χ2n) is 6.89. The fourth-order valence-corrected chi connectivity index (χ4v) is 3.56. The zero-order valence-corrected chi connectivity index (χ0v) is 14.5. The topological polar surface area (TPSA) is 44.4 Å². The number of nitrogens with one attached hydrogen (secondary N) is 2. The van der Waals surface area contributed by atoms with E-state index in [0.29, 0.717) is 0 Å². The molecule has 0 radical (unpaired) electrons. The molecule has 0 aromatic heterocycles. The van der Waals surface area contributed by atoms with Gasteiger partial charge in [0.25, 0.3) is 0 Å². The molecule has 0 saturated carbocycles. The van der Waals surface area contributed by atoms with Crippen molar-refractivity contribution in [3.05, 3.63) is 64.7 Å². The fourth-order valence-electron chi connectivity index (χ4n) is 3.56. The lowest BCUT2D eigenvalue weighted by molar-refractivity contribution is -0.111. The molecule has 2 aliphatic heterocycles. The summed E-state index contributed by atoms with van der Waals surface area (Å²) in [6.45, 7) is 3.03. The minimum atomic E-state index is -0.0947. The molecule has 0 unspecified atom stereocenters. The Balaban J connectivity index is 1.43. The molecule has 2 aliphatic rings. The fraction of sp³-hybridized carbons (Fsp3) is 0.286. The van der Waals surface area contributed by atoms with Gasteiger partial charge in [-0.25, -0.2) is 0 Å². The average Bonchev–Trinajstić information content (AvgIpc) is 3.07. The Hall–Kier alpha value is -2.59. The highest BCUT2D eigenvalue weighted by Crippen LogP contribution is 2.24. The van der Waals surface area contributed by atoms with Gasteiger partial charge in [-0.2, -0.15) is 0 Å². The molecule has 0 fully saturated rings. The van der Waals surface area contributed by atoms with Gasteiger partial charge >= 0.3 is 0 Å². The van der Waals surface area contributed by atoms with Crippen molar-refractivity contribution in [3.63, 3.8) is 0 Å². The van der Waals surface area contributed by atoms with E-state index in [4.69, 9.17) is 0 Å². The van der Waals surface area contributed by atoms with Crippen molar-refractivity contribution in [2.75, 3.05) is 30.8 Å². The number of benzene rings is 2. The van der Waals surface area contributed by atoms with Crippen molar-refractivity contribution in [1.82, 2.24) is 4.90 Å². The zero-order valence-electron chi connectivity index (χ0n) is 14.5. The quantitative estimate of drug-likeness (QED) is 0.847. The summed E-state index contributed by atoms with van der Waals surface area (Å²) in [5.41, 5.74) is 7.15. The van der Waals surface area contributed by atoms with Gasteiger partial charge in [-0.05, 0) is 72.5 Å². The maximum atomic E-state index is 12.2. The van der Waals surface area contributed by atoms with Gasteiger partial charge in [0.15, 0.2) is 0 Å². The predicted molar refractivity (Wildman–Crippen MR) is 103 cm³/mol. The smallest absolute Gasteiger partial charge is 0.248 e. The molecule has 4 rings (SSSR count). The molecular weight excluding hydrogens is 310 g/mol. The SMILES string of the molecule is CN1CCc2ccc(NC(=O)/C=C/c3ccc4c(c3)CCN4)cc2C1. The number of anilines is 2. The number of nitrogens with zero attached hydrogens (tertiary/aromatic N) is 1. The van der Waals surface area contributed by atoms with Crippen LogP contribution in [0, 0.1) is 0 Å². The minimum absolute atomic E-state index is 0.0947. The van der Waals surface area contributed by atoms with Gasteiger partial charge in [0.05, 0.1) is 0 Å². The molecule has 4 nitrogen and oxygen atoms in total. The van der Waals surface area contributed by atoms with Gasteiger partial charge in [-0.3, -0.25) is 4.79 Å². The number of carbonyl (C=O) groups is 1. The minimum Gasteiger partial charge on any atom is -0.384 e. The first kappa shape index (κ1) is 15.9. The van der Waals surface area contributed by atoms with Crippen LogP contribution in [0.4, 0.5) is 11.4 Å². The van der Waals surface area contributed by atoms with Crippen molar-refractivity contribution in [2.45, 2.75) is 19.4 Å². The summed E-state index contributed by atoms with van der Waals surface area (Å²) in [5, 5.41) is 6.32. The number of fused-ring (bicyclic) bond motifs is 2. The molecule has 2 heterocycles. The van der Waals surface area contributed by atoms with E-state index in [1.165, 1.54) is 22.4 Å². The molecule has 0 atom stereocenters. The Bertz CT molecular complexity index is 841. The van der Waals surface area contributed by atoms with E-state index in [0.717, 1.165) is 43.7 Å². The Morgan fingerprint density at radius 2 is 2.04 bits per heavy atom. The average molecular weight is 333 g/mol. The standard InChI is InChI=1S/C21H23N3O/c1-24-11-9-16-4-5-19(13-18(16)14-24)23-21(25)7-3-15-2-6-20-17(12-15)8-10-22-20/h2-7,12-13,22H,8-11,14H2,1H3,(H,23,25)/b7-3+. The first-order valence-electron chi connectivity index (χ1n) is 8.83. The summed E-state index contributed by atoms with van der Waals surface area (Å²) in [7, 11) is 2.13. The van der Waals surface area contributed by atoms with Crippen LogP contribution in [0.1, 0.15) is 22.3 Å². The van der Waals surface area contributed by atoms with Crippen molar-refractivity contribution in [1.29, 1.82) is 0 Å². The van der Waals surface area contributed by atoms with Gasteiger partial charge in [0.1, 0.15) is 0 Å². The molecule has 2 N–H and O–H groups in total. The van der Waals surface area contributed by atoms with Crippen LogP contribution in [0.5, 0.6) is 0 Å². The van der Waals surface area contributed by atoms with Crippen LogP contribution in [-0.4, -0.2) is 30.9 Å². The highest BCUT2D eigenvalue weighted by atomic mass is 16.1. The van der Waals surface area contributed by atoms with Gasteiger partial charge in [-0.15, -0.1) is 0 Å². The predicted octanol–water partition coefficient (Wildman–Crippen LogP) is 3.29. The summed E-state index contributed by atoms with van der Waals surface area (Å²) in [6.07, 6.45) is 5.61. The third-order valence-corrected chi connectivity index (χ3v) is 4.94. The van der Waals surface area contributed by atoms with Crippen molar-refractivity contribution >= 4 is 23.4 Å². The molecule has 0 aliphatic carbocycles. The van der Waals surface area contributed by atoms with Crippen molar-refractivity contribution in [2.24, 2.45) is 0 Å². The molecule has 0 bridgehead atoms. The van der Waals surface area contributed by atoms with E-state index in [-0.39, 0.29) is 5.91 Å².